The monoisotopic (exact) mass is 406 g/mol. The molecule has 9 nitrogen and oxygen atoms in total. The molecule has 0 aromatic carbocycles. The van der Waals surface area contributed by atoms with Gasteiger partial charge in [-0.05, 0) is 32.6 Å². The Morgan fingerprint density at radius 1 is 1.11 bits per heavy atom. The zero-order valence-corrected chi connectivity index (χ0v) is 16.6. The Morgan fingerprint density at radius 2 is 1.79 bits per heavy atom. The minimum absolute atomic E-state index is 0.00730. The highest BCUT2D eigenvalue weighted by molar-refractivity contribution is 5.12. The van der Waals surface area contributed by atoms with Crippen molar-refractivity contribution in [3.05, 3.63) is 0 Å². The number of hydrogen-bond donors (Lipinski definition) is 6. The van der Waals surface area contributed by atoms with Gasteiger partial charge < -0.3 is 44.8 Å². The van der Waals surface area contributed by atoms with Crippen LogP contribution in [-0.4, -0.2) is 98.5 Å². The van der Waals surface area contributed by atoms with Gasteiger partial charge in [0, 0.05) is 11.8 Å². The SMILES string of the molecule is CC(O)CCC1C2(C)CC(O)C(OC3OC(CO)C(O)C(O)C3O)C1(C)CO2. The number of rotatable bonds is 6. The highest BCUT2D eigenvalue weighted by atomic mass is 16.7. The van der Waals surface area contributed by atoms with Crippen molar-refractivity contribution in [2.75, 3.05) is 13.2 Å². The Hall–Kier alpha value is -0.360. The zero-order valence-electron chi connectivity index (χ0n) is 16.6. The highest BCUT2D eigenvalue weighted by Crippen LogP contribution is 2.57. The smallest absolute Gasteiger partial charge is 0.187 e. The highest BCUT2D eigenvalue weighted by Gasteiger charge is 2.64. The Kier molecular flexibility index (Phi) is 6.42. The molecule has 11 atom stereocenters. The summed E-state index contributed by atoms with van der Waals surface area (Å²) in [5, 5.41) is 60.1. The van der Waals surface area contributed by atoms with Gasteiger partial charge >= 0.3 is 0 Å². The molecule has 0 aromatic heterocycles. The van der Waals surface area contributed by atoms with E-state index < -0.39 is 66.6 Å². The average molecular weight is 406 g/mol. The topological polar surface area (TPSA) is 149 Å². The number of fused-ring (bicyclic) bond motifs is 2. The Labute approximate surface area is 164 Å². The predicted octanol–water partition coefficient (Wildman–Crippen LogP) is -1.49. The van der Waals surface area contributed by atoms with Gasteiger partial charge in [-0.25, -0.2) is 0 Å². The number of hydrogen-bond acceptors (Lipinski definition) is 9. The summed E-state index contributed by atoms with van der Waals surface area (Å²) >= 11 is 0. The molecule has 0 amide bonds. The van der Waals surface area contributed by atoms with E-state index in [1.54, 1.807) is 6.92 Å². The first-order valence-corrected chi connectivity index (χ1v) is 9.99. The van der Waals surface area contributed by atoms with Crippen molar-refractivity contribution in [1.29, 1.82) is 0 Å². The lowest BCUT2D eigenvalue weighted by Crippen LogP contribution is -2.63. The van der Waals surface area contributed by atoms with Crippen molar-refractivity contribution in [3.63, 3.8) is 0 Å². The van der Waals surface area contributed by atoms with Gasteiger partial charge in [0.1, 0.15) is 24.4 Å². The van der Waals surface area contributed by atoms with Crippen LogP contribution >= 0.6 is 0 Å². The largest absolute Gasteiger partial charge is 0.394 e. The molecule has 2 aliphatic heterocycles. The van der Waals surface area contributed by atoms with Crippen molar-refractivity contribution < 1.29 is 44.8 Å². The molecule has 1 saturated carbocycles. The Morgan fingerprint density at radius 3 is 2.39 bits per heavy atom. The molecule has 6 N–H and O–H groups in total. The summed E-state index contributed by atoms with van der Waals surface area (Å²) in [6, 6.07) is 0. The van der Waals surface area contributed by atoms with Gasteiger partial charge in [-0.3, -0.25) is 0 Å². The van der Waals surface area contributed by atoms with Crippen LogP contribution in [0.3, 0.4) is 0 Å². The third kappa shape index (κ3) is 3.73. The van der Waals surface area contributed by atoms with Gasteiger partial charge in [0.2, 0.25) is 0 Å². The molecule has 9 heteroatoms. The van der Waals surface area contributed by atoms with Gasteiger partial charge in [-0.1, -0.05) is 6.92 Å². The van der Waals surface area contributed by atoms with Crippen LogP contribution in [0, 0.1) is 11.3 Å². The van der Waals surface area contributed by atoms with Crippen molar-refractivity contribution in [2.24, 2.45) is 11.3 Å². The first-order valence-electron chi connectivity index (χ1n) is 9.99. The first-order chi connectivity index (χ1) is 13.0. The van der Waals surface area contributed by atoms with E-state index in [0.29, 0.717) is 25.9 Å². The molecule has 0 radical (unpaired) electrons. The van der Waals surface area contributed by atoms with Gasteiger partial charge in [0.15, 0.2) is 6.29 Å². The normalized spacial score (nSPS) is 52.6. The lowest BCUT2D eigenvalue weighted by molar-refractivity contribution is -0.331. The van der Waals surface area contributed by atoms with E-state index in [9.17, 15) is 30.6 Å². The molecule has 3 rings (SSSR count). The average Bonchev–Trinajstić information content (AvgIpc) is 2.82. The quantitative estimate of drug-likeness (QED) is 0.310. The van der Waals surface area contributed by atoms with Crippen molar-refractivity contribution >= 4 is 0 Å². The van der Waals surface area contributed by atoms with Crippen LogP contribution in [0.25, 0.3) is 0 Å². The third-order valence-electron chi connectivity index (χ3n) is 6.86. The molecule has 2 heterocycles. The maximum Gasteiger partial charge on any atom is 0.187 e. The van der Waals surface area contributed by atoms with Crippen LogP contribution in [0.2, 0.25) is 0 Å². The predicted molar refractivity (Wildman–Crippen MR) is 96.1 cm³/mol. The van der Waals surface area contributed by atoms with Gasteiger partial charge in [0.05, 0.1) is 37.1 Å². The van der Waals surface area contributed by atoms with Crippen molar-refractivity contribution in [3.8, 4) is 0 Å². The fourth-order valence-corrected chi connectivity index (χ4v) is 5.28. The lowest BCUT2D eigenvalue weighted by atomic mass is 9.59. The van der Waals surface area contributed by atoms with Crippen molar-refractivity contribution in [1.82, 2.24) is 0 Å². The van der Waals surface area contributed by atoms with E-state index in [4.69, 9.17) is 14.2 Å². The zero-order chi connectivity index (χ0) is 20.9. The summed E-state index contributed by atoms with van der Waals surface area (Å²) in [6.45, 7) is 5.42. The second-order valence-electron chi connectivity index (χ2n) is 9.11. The van der Waals surface area contributed by atoms with Crippen LogP contribution < -0.4 is 0 Å². The van der Waals surface area contributed by atoms with Crippen LogP contribution in [-0.2, 0) is 14.2 Å². The molecule has 0 aromatic rings. The second kappa shape index (κ2) is 8.05. The van der Waals surface area contributed by atoms with Crippen LogP contribution in [0.5, 0.6) is 0 Å². The summed E-state index contributed by atoms with van der Waals surface area (Å²) in [5.74, 6) is 0.00730. The molecule has 1 aliphatic carbocycles. The third-order valence-corrected chi connectivity index (χ3v) is 6.86. The number of ether oxygens (including phenoxy) is 3. The van der Waals surface area contributed by atoms with Crippen LogP contribution in [0.1, 0.15) is 40.0 Å². The molecule has 3 aliphatic rings. The summed E-state index contributed by atoms with van der Waals surface area (Å²) in [7, 11) is 0. The van der Waals surface area contributed by atoms with E-state index >= 15 is 0 Å². The molecule has 164 valence electrons. The summed E-state index contributed by atoms with van der Waals surface area (Å²) in [6.07, 6.45) is -7.41. The fraction of sp³-hybridized carbons (Fsp3) is 1.00. The van der Waals surface area contributed by atoms with E-state index in [2.05, 4.69) is 0 Å². The minimum Gasteiger partial charge on any atom is -0.394 e. The van der Waals surface area contributed by atoms with E-state index in [1.807, 2.05) is 13.8 Å². The summed E-state index contributed by atoms with van der Waals surface area (Å²) < 4.78 is 17.5. The maximum atomic E-state index is 10.8. The van der Waals surface area contributed by atoms with E-state index in [0.717, 1.165) is 0 Å². The number of aliphatic hydroxyl groups is 6. The molecule has 3 fully saturated rings. The van der Waals surface area contributed by atoms with Crippen LogP contribution in [0.4, 0.5) is 0 Å². The molecule has 2 bridgehead atoms. The van der Waals surface area contributed by atoms with Crippen molar-refractivity contribution in [2.45, 2.75) is 94.7 Å². The number of aliphatic hydroxyl groups excluding tert-OH is 6. The standard InChI is InChI=1S/C19H34O9/c1-9(21)4-5-12-18(2)8-26-19(12,3)6-10(22)16(18)28-17-15(25)14(24)13(23)11(7-20)27-17/h9-17,20-25H,4-8H2,1-3H3. The first kappa shape index (κ1) is 22.3. The summed E-state index contributed by atoms with van der Waals surface area (Å²) in [4.78, 5) is 0. The molecule has 11 unspecified atom stereocenters. The van der Waals surface area contributed by atoms with Crippen LogP contribution in [0.15, 0.2) is 0 Å². The molecule has 28 heavy (non-hydrogen) atoms. The molecular formula is C19H34O9. The lowest BCUT2D eigenvalue weighted by Gasteiger charge is -2.51. The molecule has 0 spiro atoms. The minimum atomic E-state index is -1.54. The van der Waals surface area contributed by atoms with E-state index in [-0.39, 0.29) is 5.92 Å². The fourth-order valence-electron chi connectivity index (χ4n) is 5.28. The van der Waals surface area contributed by atoms with E-state index in [1.165, 1.54) is 0 Å². The van der Waals surface area contributed by atoms with Gasteiger partial charge in [-0.2, -0.15) is 0 Å². The maximum absolute atomic E-state index is 10.8. The summed E-state index contributed by atoms with van der Waals surface area (Å²) in [5.41, 5.74) is -1.14. The Bertz CT molecular complexity index is 543. The molecular weight excluding hydrogens is 372 g/mol. The van der Waals surface area contributed by atoms with Gasteiger partial charge in [-0.15, -0.1) is 0 Å². The second-order valence-corrected chi connectivity index (χ2v) is 9.11. The Balaban J connectivity index is 1.80. The molecule has 2 saturated heterocycles. The van der Waals surface area contributed by atoms with Gasteiger partial charge in [0.25, 0.3) is 0 Å².